The number of aryl methyl sites for hydroxylation is 1. The molecule has 144 valence electrons. The number of nitrogens with one attached hydrogen (secondary N) is 2. The number of aromatic nitrogens is 2. The number of nitrogens with zero attached hydrogens (tertiary/aromatic N) is 2. The van der Waals surface area contributed by atoms with Gasteiger partial charge in [-0.25, -0.2) is 9.97 Å². The molecule has 0 bridgehead atoms. The number of fused-ring (bicyclic) bond motifs is 1. The van der Waals surface area contributed by atoms with Crippen LogP contribution in [-0.2, 0) is 9.59 Å². The molecule has 0 aliphatic carbocycles. The second kappa shape index (κ2) is 6.87. The maximum atomic E-state index is 12.3. The molecule has 9 heteroatoms. The van der Waals surface area contributed by atoms with Crippen molar-refractivity contribution in [3.05, 3.63) is 51.2 Å². The van der Waals surface area contributed by atoms with Crippen molar-refractivity contribution in [1.82, 2.24) is 15.3 Å². The van der Waals surface area contributed by atoms with Crippen LogP contribution < -0.4 is 10.6 Å². The largest absolute Gasteiger partial charge is 0.335 e. The van der Waals surface area contributed by atoms with Gasteiger partial charge in [0.05, 0.1) is 10.3 Å². The highest BCUT2D eigenvalue weighted by atomic mass is 32.1. The maximum Gasteiger partial charge on any atom is 0.275 e. The number of thiophene rings is 3. The van der Waals surface area contributed by atoms with Crippen LogP contribution in [-0.4, -0.2) is 21.8 Å². The van der Waals surface area contributed by atoms with Crippen LogP contribution in [0.1, 0.15) is 11.8 Å². The van der Waals surface area contributed by atoms with Crippen molar-refractivity contribution < 1.29 is 9.59 Å². The van der Waals surface area contributed by atoms with Gasteiger partial charge in [-0.3, -0.25) is 14.9 Å². The Hall–Kier alpha value is -2.88. The highest BCUT2D eigenvalue weighted by molar-refractivity contribution is 7.19. The first kappa shape index (κ1) is 18.2. The SMILES string of the molecule is CC1=C(Nc2nc(-c3ccc(C)s3)nc3scc(-c4cccs4)c23)C(=O)NC1=O. The molecule has 1 aliphatic rings. The highest BCUT2D eigenvalue weighted by Gasteiger charge is 2.29. The molecule has 2 amide bonds. The first-order valence-corrected chi connectivity index (χ1v) is 11.3. The van der Waals surface area contributed by atoms with Gasteiger partial charge in [0.1, 0.15) is 16.3 Å². The molecule has 4 aromatic heterocycles. The zero-order valence-corrected chi connectivity index (χ0v) is 17.8. The number of anilines is 1. The predicted octanol–water partition coefficient (Wildman–Crippen LogP) is 4.80. The number of imide groups is 1. The topological polar surface area (TPSA) is 84.0 Å². The van der Waals surface area contributed by atoms with Crippen LogP contribution in [0.15, 0.2) is 46.3 Å². The van der Waals surface area contributed by atoms with E-state index in [1.54, 1.807) is 29.6 Å². The molecule has 1 aliphatic heterocycles. The number of amides is 2. The first-order valence-electron chi connectivity index (χ1n) is 8.75. The third kappa shape index (κ3) is 3.07. The van der Waals surface area contributed by atoms with E-state index in [1.807, 2.05) is 36.6 Å². The van der Waals surface area contributed by atoms with Gasteiger partial charge in [-0.1, -0.05) is 6.07 Å². The van der Waals surface area contributed by atoms with Crippen LogP contribution in [0, 0.1) is 6.92 Å². The van der Waals surface area contributed by atoms with E-state index in [-0.39, 0.29) is 11.6 Å². The normalized spacial score (nSPS) is 14.1. The highest BCUT2D eigenvalue weighted by Crippen LogP contribution is 2.41. The van der Waals surface area contributed by atoms with Crippen molar-refractivity contribution in [2.45, 2.75) is 13.8 Å². The molecule has 0 radical (unpaired) electrons. The minimum atomic E-state index is -0.444. The third-order valence-corrected chi connectivity index (χ3v) is 7.37. The predicted molar refractivity (Wildman–Crippen MR) is 118 cm³/mol. The molecule has 5 rings (SSSR count). The molecule has 0 unspecified atom stereocenters. The molecule has 0 saturated carbocycles. The zero-order valence-electron chi connectivity index (χ0n) is 15.4. The lowest BCUT2D eigenvalue weighted by molar-refractivity contribution is -0.124. The zero-order chi connectivity index (χ0) is 20.1. The summed E-state index contributed by atoms with van der Waals surface area (Å²) in [6, 6.07) is 8.07. The molecule has 4 aromatic rings. The summed E-state index contributed by atoms with van der Waals surface area (Å²) < 4.78 is 0. The fourth-order valence-electron chi connectivity index (χ4n) is 3.12. The Bertz CT molecular complexity index is 1310. The van der Waals surface area contributed by atoms with Gasteiger partial charge in [-0.2, -0.15) is 0 Å². The summed E-state index contributed by atoms with van der Waals surface area (Å²) in [5.41, 5.74) is 1.59. The second-order valence-electron chi connectivity index (χ2n) is 6.52. The Labute approximate surface area is 178 Å². The van der Waals surface area contributed by atoms with Crippen molar-refractivity contribution in [1.29, 1.82) is 0 Å². The van der Waals surface area contributed by atoms with Crippen molar-refractivity contribution in [2.75, 3.05) is 5.32 Å². The Morgan fingerprint density at radius 1 is 1.00 bits per heavy atom. The van der Waals surface area contributed by atoms with Crippen LogP contribution in [0.5, 0.6) is 0 Å². The van der Waals surface area contributed by atoms with Gasteiger partial charge in [-0.15, -0.1) is 34.0 Å². The van der Waals surface area contributed by atoms with E-state index in [9.17, 15) is 9.59 Å². The van der Waals surface area contributed by atoms with Gasteiger partial charge < -0.3 is 5.32 Å². The number of carbonyl (C=O) groups is 2. The van der Waals surface area contributed by atoms with Crippen molar-refractivity contribution >= 4 is 61.9 Å². The fourth-order valence-corrected chi connectivity index (χ4v) is 5.69. The van der Waals surface area contributed by atoms with Crippen LogP contribution in [0.3, 0.4) is 0 Å². The number of hydrogen-bond acceptors (Lipinski definition) is 8. The fraction of sp³-hybridized carbons (Fsp3) is 0.100. The molecular formula is C20H14N4O2S3. The van der Waals surface area contributed by atoms with Crippen LogP contribution in [0.25, 0.3) is 31.4 Å². The molecule has 0 atom stereocenters. The first-order chi connectivity index (χ1) is 14.0. The number of carbonyl (C=O) groups excluding carboxylic acids is 2. The average Bonchev–Trinajstić information content (AvgIpc) is 3.46. The van der Waals surface area contributed by atoms with Crippen molar-refractivity contribution in [3.8, 4) is 21.1 Å². The van der Waals surface area contributed by atoms with Crippen LogP contribution in [0.2, 0.25) is 0 Å². The van der Waals surface area contributed by atoms with Crippen LogP contribution in [0.4, 0.5) is 5.82 Å². The van der Waals surface area contributed by atoms with Crippen molar-refractivity contribution in [2.24, 2.45) is 0 Å². The average molecular weight is 439 g/mol. The summed E-state index contributed by atoms with van der Waals surface area (Å²) in [6.45, 7) is 3.66. The minimum Gasteiger partial charge on any atom is -0.335 e. The quantitative estimate of drug-likeness (QED) is 0.447. The van der Waals surface area contributed by atoms with E-state index in [4.69, 9.17) is 9.97 Å². The van der Waals surface area contributed by atoms with Gasteiger partial charge in [0.15, 0.2) is 5.82 Å². The van der Waals surface area contributed by atoms with Crippen molar-refractivity contribution in [3.63, 3.8) is 0 Å². The Balaban J connectivity index is 1.73. The Kier molecular flexibility index (Phi) is 4.30. The van der Waals surface area contributed by atoms with Gasteiger partial charge in [-0.05, 0) is 37.4 Å². The molecule has 0 aromatic carbocycles. The molecule has 29 heavy (non-hydrogen) atoms. The maximum absolute atomic E-state index is 12.3. The van der Waals surface area contributed by atoms with Gasteiger partial charge in [0.2, 0.25) is 0 Å². The standard InChI is InChI=1S/C20H14N4O2S3/c1-9-5-6-13(29-9)16-22-17(21-15-10(2)18(25)24-19(15)26)14-11(8-28-20(14)23-16)12-4-3-7-27-12/h3-8H,1-2H3,(H2,21,22,23,24,25,26). The summed E-state index contributed by atoms with van der Waals surface area (Å²) in [4.78, 5) is 37.7. The smallest absolute Gasteiger partial charge is 0.275 e. The molecular weight excluding hydrogens is 424 g/mol. The van der Waals surface area contributed by atoms with Crippen LogP contribution >= 0.6 is 34.0 Å². The van der Waals surface area contributed by atoms with Gasteiger partial charge >= 0.3 is 0 Å². The lowest BCUT2D eigenvalue weighted by Crippen LogP contribution is -2.24. The molecule has 0 saturated heterocycles. The second-order valence-corrected chi connectivity index (χ2v) is 9.61. The molecule has 5 heterocycles. The lowest BCUT2D eigenvalue weighted by atomic mass is 10.2. The minimum absolute atomic E-state index is 0.228. The Morgan fingerprint density at radius 3 is 2.52 bits per heavy atom. The third-order valence-electron chi connectivity index (χ3n) is 4.59. The molecule has 0 fully saturated rings. The van der Waals surface area contributed by atoms with E-state index in [2.05, 4.69) is 16.0 Å². The van der Waals surface area contributed by atoms with E-state index in [0.717, 1.165) is 25.5 Å². The summed E-state index contributed by atoms with van der Waals surface area (Å²) >= 11 is 4.79. The molecule has 0 spiro atoms. The summed E-state index contributed by atoms with van der Waals surface area (Å²) in [5, 5.41) is 10.4. The monoisotopic (exact) mass is 438 g/mol. The molecule has 6 nitrogen and oxygen atoms in total. The number of rotatable bonds is 4. The summed E-state index contributed by atoms with van der Waals surface area (Å²) in [6.07, 6.45) is 0. The van der Waals surface area contributed by atoms with E-state index >= 15 is 0 Å². The van der Waals surface area contributed by atoms with E-state index in [0.29, 0.717) is 17.2 Å². The molecule has 2 N–H and O–H groups in total. The lowest BCUT2D eigenvalue weighted by Gasteiger charge is -2.10. The van der Waals surface area contributed by atoms with E-state index in [1.165, 1.54) is 16.2 Å². The Morgan fingerprint density at radius 2 is 1.86 bits per heavy atom. The number of hydrogen-bond donors (Lipinski definition) is 2. The summed E-state index contributed by atoms with van der Waals surface area (Å²) in [7, 11) is 0. The van der Waals surface area contributed by atoms with E-state index < -0.39 is 5.91 Å². The van der Waals surface area contributed by atoms with Gasteiger partial charge in [0, 0.05) is 26.3 Å². The summed E-state index contributed by atoms with van der Waals surface area (Å²) in [5.74, 6) is 0.293. The van der Waals surface area contributed by atoms with Gasteiger partial charge in [0.25, 0.3) is 11.8 Å².